The molecule has 2 rings (SSSR count). The molecule has 0 aromatic heterocycles. The second-order valence-corrected chi connectivity index (χ2v) is 7.61. The first-order valence-electron chi connectivity index (χ1n) is 9.72. The lowest BCUT2D eigenvalue weighted by Gasteiger charge is -2.38. The molecule has 1 aliphatic heterocycles. The van der Waals surface area contributed by atoms with Gasteiger partial charge in [-0.1, -0.05) is 20.8 Å². The van der Waals surface area contributed by atoms with Gasteiger partial charge in [0.15, 0.2) is 11.5 Å². The van der Waals surface area contributed by atoms with Crippen molar-refractivity contribution >= 4 is 11.7 Å². The maximum absolute atomic E-state index is 12.5. The monoisotopic (exact) mass is 399 g/mol. The molecule has 6 nitrogen and oxygen atoms in total. The molecule has 2 amide bonds. The number of hydrogen-bond donors (Lipinski definition) is 2. The number of methoxy groups -OCH3 is 1. The van der Waals surface area contributed by atoms with Crippen molar-refractivity contribution in [3.05, 3.63) is 18.2 Å². The fourth-order valence-corrected chi connectivity index (χ4v) is 3.46. The van der Waals surface area contributed by atoms with E-state index >= 15 is 0 Å². The smallest absolute Gasteiger partial charge is 0.387 e. The third-order valence-electron chi connectivity index (χ3n) is 5.17. The fourth-order valence-electron chi connectivity index (χ4n) is 3.46. The molecule has 2 N–H and O–H groups in total. The molecule has 1 aromatic carbocycles. The van der Waals surface area contributed by atoms with Gasteiger partial charge in [0, 0.05) is 24.3 Å². The number of amides is 2. The standard InChI is InChI=1S/C20H31F2N3O3/c1-13(2)16(25-9-7-14(3)8-10-25)12-23-20(26)24-15-5-6-17(27-4)18(11-15)28-19(21)22/h5-6,11,13-14,16,19H,7-10,12H2,1-4H3,(H2,23,24,26). The van der Waals surface area contributed by atoms with Crippen LogP contribution in [0.3, 0.4) is 0 Å². The van der Waals surface area contributed by atoms with E-state index < -0.39 is 6.61 Å². The van der Waals surface area contributed by atoms with Crippen molar-refractivity contribution in [2.24, 2.45) is 11.8 Å². The minimum atomic E-state index is -2.97. The summed E-state index contributed by atoms with van der Waals surface area (Å²) in [5.41, 5.74) is 0.349. The van der Waals surface area contributed by atoms with Gasteiger partial charge in [-0.3, -0.25) is 4.90 Å². The summed E-state index contributed by atoms with van der Waals surface area (Å²) in [6.07, 6.45) is 2.35. The van der Waals surface area contributed by atoms with Crippen molar-refractivity contribution in [1.29, 1.82) is 0 Å². The molecule has 0 saturated carbocycles. The van der Waals surface area contributed by atoms with Crippen molar-refractivity contribution in [2.75, 3.05) is 32.1 Å². The maximum Gasteiger partial charge on any atom is 0.387 e. The zero-order valence-corrected chi connectivity index (χ0v) is 17.0. The lowest BCUT2D eigenvalue weighted by atomic mass is 9.94. The predicted octanol–water partition coefficient (Wildman–Crippen LogP) is 4.17. The zero-order chi connectivity index (χ0) is 20.7. The Morgan fingerprint density at radius 1 is 1.25 bits per heavy atom. The molecular weight excluding hydrogens is 368 g/mol. The number of ether oxygens (including phenoxy) is 2. The molecule has 28 heavy (non-hydrogen) atoms. The van der Waals surface area contributed by atoms with Gasteiger partial charge in [0.25, 0.3) is 0 Å². The van der Waals surface area contributed by atoms with Crippen LogP contribution in [0.4, 0.5) is 19.3 Å². The number of carbonyl (C=O) groups excluding carboxylic acids is 1. The quantitative estimate of drug-likeness (QED) is 0.689. The Hall–Kier alpha value is -2.09. The van der Waals surface area contributed by atoms with Crippen LogP contribution in [0.5, 0.6) is 11.5 Å². The first kappa shape index (κ1) is 22.2. The first-order chi connectivity index (χ1) is 13.3. The third kappa shape index (κ3) is 6.51. The van der Waals surface area contributed by atoms with E-state index in [1.54, 1.807) is 6.07 Å². The molecule has 0 bridgehead atoms. The van der Waals surface area contributed by atoms with E-state index in [9.17, 15) is 13.6 Å². The number of nitrogens with one attached hydrogen (secondary N) is 2. The van der Waals surface area contributed by atoms with Crippen molar-refractivity contribution in [2.45, 2.75) is 46.3 Å². The Morgan fingerprint density at radius 3 is 2.50 bits per heavy atom. The number of rotatable bonds is 8. The number of hydrogen-bond acceptors (Lipinski definition) is 4. The lowest BCUT2D eigenvalue weighted by molar-refractivity contribution is -0.0511. The van der Waals surface area contributed by atoms with Gasteiger partial charge in [-0.2, -0.15) is 8.78 Å². The van der Waals surface area contributed by atoms with Crippen molar-refractivity contribution in [3.8, 4) is 11.5 Å². The van der Waals surface area contributed by atoms with Crippen LogP contribution in [0.25, 0.3) is 0 Å². The molecule has 1 unspecified atom stereocenters. The Morgan fingerprint density at radius 2 is 1.93 bits per heavy atom. The average Bonchev–Trinajstić information content (AvgIpc) is 2.63. The maximum atomic E-state index is 12.5. The molecule has 1 aromatic rings. The molecule has 1 heterocycles. The number of anilines is 1. The summed E-state index contributed by atoms with van der Waals surface area (Å²) in [5.74, 6) is 1.20. The molecular formula is C20H31F2N3O3. The molecule has 8 heteroatoms. The van der Waals surface area contributed by atoms with Gasteiger partial charge in [0.1, 0.15) is 0 Å². The Labute approximate surface area is 165 Å². The van der Waals surface area contributed by atoms with Crippen molar-refractivity contribution in [1.82, 2.24) is 10.2 Å². The van der Waals surface area contributed by atoms with Crippen LogP contribution in [-0.4, -0.2) is 50.3 Å². The molecule has 0 radical (unpaired) electrons. The summed E-state index contributed by atoms with van der Waals surface area (Å²) in [6.45, 7) is 6.21. The third-order valence-corrected chi connectivity index (χ3v) is 5.17. The molecule has 158 valence electrons. The van der Waals surface area contributed by atoms with Gasteiger partial charge in [-0.25, -0.2) is 4.79 Å². The van der Waals surface area contributed by atoms with Crippen LogP contribution < -0.4 is 20.1 Å². The second kappa shape index (κ2) is 10.5. The highest BCUT2D eigenvalue weighted by molar-refractivity contribution is 5.89. The largest absolute Gasteiger partial charge is 0.493 e. The van der Waals surface area contributed by atoms with E-state index in [4.69, 9.17) is 4.74 Å². The Bertz CT molecular complexity index is 635. The van der Waals surface area contributed by atoms with Gasteiger partial charge in [-0.15, -0.1) is 0 Å². The van der Waals surface area contributed by atoms with Gasteiger partial charge in [0.2, 0.25) is 0 Å². The average molecular weight is 399 g/mol. The van der Waals surface area contributed by atoms with E-state index in [0.717, 1.165) is 19.0 Å². The van der Waals surface area contributed by atoms with Crippen LogP contribution in [0, 0.1) is 11.8 Å². The van der Waals surface area contributed by atoms with Crippen molar-refractivity contribution < 1.29 is 23.0 Å². The molecule has 1 atom stereocenters. The Kier molecular flexibility index (Phi) is 8.29. The SMILES string of the molecule is COc1ccc(NC(=O)NCC(C(C)C)N2CCC(C)CC2)cc1OC(F)F. The van der Waals surface area contributed by atoms with Gasteiger partial charge >= 0.3 is 12.6 Å². The highest BCUT2D eigenvalue weighted by Gasteiger charge is 2.26. The van der Waals surface area contributed by atoms with E-state index in [1.165, 1.54) is 32.1 Å². The second-order valence-electron chi connectivity index (χ2n) is 7.61. The van der Waals surface area contributed by atoms with Crippen LogP contribution in [-0.2, 0) is 0 Å². The minimum absolute atomic E-state index is 0.127. The van der Waals surface area contributed by atoms with E-state index in [1.807, 2.05) is 0 Å². The van der Waals surface area contributed by atoms with Crippen LogP contribution in [0.15, 0.2) is 18.2 Å². The number of carbonyl (C=O) groups is 1. The topological polar surface area (TPSA) is 62.8 Å². The van der Waals surface area contributed by atoms with E-state index in [2.05, 4.69) is 41.0 Å². The summed E-state index contributed by atoms with van der Waals surface area (Å²) in [4.78, 5) is 14.7. The van der Waals surface area contributed by atoms with Gasteiger partial charge < -0.3 is 20.1 Å². The summed E-state index contributed by atoms with van der Waals surface area (Å²) < 4.78 is 34.5. The summed E-state index contributed by atoms with van der Waals surface area (Å²) in [5, 5.41) is 5.56. The molecule has 1 aliphatic rings. The molecule has 0 aliphatic carbocycles. The van der Waals surface area contributed by atoms with Crippen LogP contribution in [0.2, 0.25) is 0 Å². The predicted molar refractivity (Wildman–Crippen MR) is 105 cm³/mol. The highest BCUT2D eigenvalue weighted by atomic mass is 19.3. The highest BCUT2D eigenvalue weighted by Crippen LogP contribution is 2.31. The number of likely N-dealkylation sites (tertiary alicyclic amines) is 1. The van der Waals surface area contributed by atoms with Crippen LogP contribution >= 0.6 is 0 Å². The summed E-state index contributed by atoms with van der Waals surface area (Å²) in [6, 6.07) is 4.23. The first-order valence-corrected chi connectivity index (χ1v) is 9.72. The molecule has 0 spiro atoms. The number of halogens is 2. The van der Waals surface area contributed by atoms with Gasteiger partial charge in [0.05, 0.1) is 7.11 Å². The van der Waals surface area contributed by atoms with Crippen LogP contribution in [0.1, 0.15) is 33.6 Å². The van der Waals surface area contributed by atoms with Crippen molar-refractivity contribution in [3.63, 3.8) is 0 Å². The van der Waals surface area contributed by atoms with E-state index in [-0.39, 0.29) is 23.6 Å². The van der Waals surface area contributed by atoms with Gasteiger partial charge in [-0.05, 0) is 49.9 Å². The summed E-state index contributed by atoms with van der Waals surface area (Å²) >= 11 is 0. The number of benzene rings is 1. The Balaban J connectivity index is 1.93. The minimum Gasteiger partial charge on any atom is -0.493 e. The van der Waals surface area contributed by atoms with E-state index in [0.29, 0.717) is 18.2 Å². The molecule has 1 fully saturated rings. The fraction of sp³-hybridized carbons (Fsp3) is 0.650. The number of nitrogens with zero attached hydrogens (tertiary/aromatic N) is 1. The number of urea groups is 1. The normalized spacial score (nSPS) is 16.9. The molecule has 1 saturated heterocycles. The zero-order valence-electron chi connectivity index (χ0n) is 17.0. The summed E-state index contributed by atoms with van der Waals surface area (Å²) in [7, 11) is 1.36. The number of piperidine rings is 1. The lowest BCUT2D eigenvalue weighted by Crippen LogP contribution is -2.50. The number of alkyl halides is 2.